The van der Waals surface area contributed by atoms with E-state index in [0.717, 1.165) is 11.3 Å². The summed E-state index contributed by atoms with van der Waals surface area (Å²) in [5.74, 6) is 0.324. The Morgan fingerprint density at radius 1 is 1.07 bits per heavy atom. The minimum absolute atomic E-state index is 0.0771. The number of hydrogen-bond donors (Lipinski definition) is 3. The zero-order valence-corrected chi connectivity index (χ0v) is 15.9. The molecule has 27 heavy (non-hydrogen) atoms. The van der Waals surface area contributed by atoms with Gasteiger partial charge in [0.05, 0.1) is 7.11 Å². The van der Waals surface area contributed by atoms with Gasteiger partial charge in [0, 0.05) is 23.9 Å². The summed E-state index contributed by atoms with van der Waals surface area (Å²) >= 11 is 5.15. The molecule has 0 atom stereocenters. The van der Waals surface area contributed by atoms with Crippen molar-refractivity contribution < 1.29 is 14.3 Å². The number of hydrogen-bond acceptors (Lipinski definition) is 4. The van der Waals surface area contributed by atoms with Gasteiger partial charge >= 0.3 is 0 Å². The third kappa shape index (κ3) is 6.91. The quantitative estimate of drug-likeness (QED) is 0.525. The fourth-order valence-electron chi connectivity index (χ4n) is 2.13. The molecule has 0 bridgehead atoms. The monoisotopic (exact) mass is 383 g/mol. The Kier molecular flexibility index (Phi) is 7.51. The smallest absolute Gasteiger partial charge is 0.250 e. The molecule has 0 saturated carbocycles. The number of benzene rings is 2. The Morgan fingerprint density at radius 2 is 1.74 bits per heavy atom. The molecule has 0 unspecified atom stereocenters. The molecular formula is C20H21N3O3S. The Morgan fingerprint density at radius 3 is 2.37 bits per heavy atom. The first-order chi connectivity index (χ1) is 13.0. The van der Waals surface area contributed by atoms with Gasteiger partial charge in [0.15, 0.2) is 5.11 Å². The lowest BCUT2D eigenvalue weighted by Gasteiger charge is -2.10. The highest BCUT2D eigenvalue weighted by molar-refractivity contribution is 7.80. The number of methoxy groups -OCH3 is 1. The standard InChI is InChI=1S/C20H21N3O3S/c1-3-18(24)21-15-5-4-6-16(13-15)22-20(27)23-19(25)12-9-14-7-10-17(26-2)11-8-14/h4-13H,3H2,1-2H3,(H,21,24)(H2,22,23,25,27)/b12-9+. The molecule has 0 radical (unpaired) electrons. The van der Waals surface area contributed by atoms with E-state index in [9.17, 15) is 9.59 Å². The van der Waals surface area contributed by atoms with E-state index in [-0.39, 0.29) is 16.9 Å². The predicted molar refractivity (Wildman–Crippen MR) is 112 cm³/mol. The molecule has 0 aliphatic heterocycles. The second-order valence-electron chi connectivity index (χ2n) is 5.53. The van der Waals surface area contributed by atoms with Crippen molar-refractivity contribution in [1.29, 1.82) is 0 Å². The highest BCUT2D eigenvalue weighted by atomic mass is 32.1. The topological polar surface area (TPSA) is 79.5 Å². The Labute approximate surface area is 163 Å². The van der Waals surface area contributed by atoms with E-state index in [1.54, 1.807) is 44.4 Å². The molecular weight excluding hydrogens is 362 g/mol. The van der Waals surface area contributed by atoms with Crippen molar-refractivity contribution in [1.82, 2.24) is 5.32 Å². The molecule has 6 nitrogen and oxygen atoms in total. The second-order valence-corrected chi connectivity index (χ2v) is 5.94. The van der Waals surface area contributed by atoms with E-state index in [1.807, 2.05) is 24.3 Å². The fraction of sp³-hybridized carbons (Fsp3) is 0.150. The summed E-state index contributed by atoms with van der Waals surface area (Å²) in [5, 5.41) is 8.42. The zero-order valence-electron chi connectivity index (χ0n) is 15.1. The Bertz CT molecular complexity index is 848. The third-order valence-electron chi connectivity index (χ3n) is 3.51. The maximum Gasteiger partial charge on any atom is 0.250 e. The molecule has 2 aromatic rings. The highest BCUT2D eigenvalue weighted by Gasteiger charge is 2.04. The number of anilines is 2. The maximum absolute atomic E-state index is 12.0. The van der Waals surface area contributed by atoms with Crippen molar-refractivity contribution in [2.45, 2.75) is 13.3 Å². The summed E-state index contributed by atoms with van der Waals surface area (Å²) in [4.78, 5) is 23.4. The molecule has 140 valence electrons. The van der Waals surface area contributed by atoms with Crippen LogP contribution >= 0.6 is 12.2 Å². The second kappa shape index (κ2) is 10.1. The van der Waals surface area contributed by atoms with E-state index in [2.05, 4.69) is 16.0 Å². The number of amides is 2. The van der Waals surface area contributed by atoms with Gasteiger partial charge in [-0.05, 0) is 54.2 Å². The highest BCUT2D eigenvalue weighted by Crippen LogP contribution is 2.15. The van der Waals surface area contributed by atoms with Crippen molar-refractivity contribution in [2.75, 3.05) is 17.7 Å². The first kappa shape index (κ1) is 20.1. The fourth-order valence-corrected chi connectivity index (χ4v) is 2.35. The normalized spacial score (nSPS) is 10.3. The van der Waals surface area contributed by atoms with Gasteiger partial charge in [0.25, 0.3) is 0 Å². The molecule has 0 aliphatic rings. The van der Waals surface area contributed by atoms with Crippen LogP contribution in [0.1, 0.15) is 18.9 Å². The van der Waals surface area contributed by atoms with E-state index in [0.29, 0.717) is 17.8 Å². The van der Waals surface area contributed by atoms with Crippen LogP contribution in [-0.2, 0) is 9.59 Å². The van der Waals surface area contributed by atoms with Crippen LogP contribution in [0.15, 0.2) is 54.6 Å². The molecule has 2 aromatic carbocycles. The number of ether oxygens (including phenoxy) is 1. The molecule has 0 saturated heterocycles. The summed E-state index contributed by atoms with van der Waals surface area (Å²) in [6.07, 6.45) is 3.47. The lowest BCUT2D eigenvalue weighted by Crippen LogP contribution is -2.32. The van der Waals surface area contributed by atoms with Gasteiger partial charge in [-0.25, -0.2) is 0 Å². The van der Waals surface area contributed by atoms with Crippen molar-refractivity contribution in [3.8, 4) is 5.75 Å². The number of carbonyl (C=O) groups is 2. The Hall–Kier alpha value is -3.19. The van der Waals surface area contributed by atoms with Crippen LogP contribution in [0.25, 0.3) is 6.08 Å². The zero-order chi connectivity index (χ0) is 19.6. The van der Waals surface area contributed by atoms with Crippen LogP contribution in [0.4, 0.5) is 11.4 Å². The van der Waals surface area contributed by atoms with Crippen molar-refractivity contribution >= 4 is 46.6 Å². The number of nitrogens with one attached hydrogen (secondary N) is 3. The van der Waals surface area contributed by atoms with E-state index >= 15 is 0 Å². The van der Waals surface area contributed by atoms with Gasteiger partial charge in [-0.3, -0.25) is 14.9 Å². The van der Waals surface area contributed by atoms with Crippen molar-refractivity contribution in [2.24, 2.45) is 0 Å². The lowest BCUT2D eigenvalue weighted by atomic mass is 10.2. The molecule has 2 rings (SSSR count). The average Bonchev–Trinajstić information content (AvgIpc) is 2.66. The van der Waals surface area contributed by atoms with Gasteiger partial charge in [-0.1, -0.05) is 25.1 Å². The van der Waals surface area contributed by atoms with Crippen LogP contribution in [-0.4, -0.2) is 24.0 Å². The summed E-state index contributed by atoms with van der Waals surface area (Å²) in [6.45, 7) is 1.78. The van der Waals surface area contributed by atoms with Crippen LogP contribution in [0, 0.1) is 0 Å². The summed E-state index contributed by atoms with van der Waals surface area (Å²) < 4.78 is 5.09. The van der Waals surface area contributed by atoms with Gasteiger partial charge in [-0.2, -0.15) is 0 Å². The van der Waals surface area contributed by atoms with E-state index < -0.39 is 0 Å². The first-order valence-corrected chi connectivity index (χ1v) is 8.75. The number of thiocarbonyl (C=S) groups is 1. The Balaban J connectivity index is 1.89. The predicted octanol–water partition coefficient (Wildman–Crippen LogP) is 3.57. The van der Waals surface area contributed by atoms with Crippen LogP contribution in [0.2, 0.25) is 0 Å². The van der Waals surface area contributed by atoms with Crippen molar-refractivity contribution in [3.63, 3.8) is 0 Å². The average molecular weight is 383 g/mol. The number of carbonyl (C=O) groups excluding carboxylic acids is 2. The molecule has 0 fully saturated rings. The SMILES string of the molecule is CCC(=O)Nc1cccc(NC(=S)NC(=O)/C=C/c2ccc(OC)cc2)c1. The molecule has 3 N–H and O–H groups in total. The summed E-state index contributed by atoms with van der Waals surface area (Å²) in [6, 6.07) is 14.4. The molecule has 0 spiro atoms. The van der Waals surface area contributed by atoms with E-state index in [1.165, 1.54) is 6.08 Å². The number of rotatable bonds is 6. The van der Waals surface area contributed by atoms with Gasteiger partial charge < -0.3 is 15.4 Å². The molecule has 0 aliphatic carbocycles. The van der Waals surface area contributed by atoms with E-state index in [4.69, 9.17) is 17.0 Å². The molecule has 7 heteroatoms. The van der Waals surface area contributed by atoms with Crippen LogP contribution < -0.4 is 20.7 Å². The molecule has 2 amide bonds. The van der Waals surface area contributed by atoms with Gasteiger partial charge in [0.2, 0.25) is 11.8 Å². The van der Waals surface area contributed by atoms with Crippen molar-refractivity contribution in [3.05, 3.63) is 60.2 Å². The maximum atomic E-state index is 12.0. The summed E-state index contributed by atoms with van der Waals surface area (Å²) in [7, 11) is 1.60. The van der Waals surface area contributed by atoms with Gasteiger partial charge in [-0.15, -0.1) is 0 Å². The lowest BCUT2D eigenvalue weighted by molar-refractivity contribution is -0.116. The largest absolute Gasteiger partial charge is 0.497 e. The third-order valence-corrected chi connectivity index (χ3v) is 3.71. The van der Waals surface area contributed by atoms with Crippen LogP contribution in [0.5, 0.6) is 5.75 Å². The molecule has 0 heterocycles. The minimum atomic E-state index is -0.348. The van der Waals surface area contributed by atoms with Gasteiger partial charge in [0.1, 0.15) is 5.75 Å². The molecule has 0 aromatic heterocycles. The first-order valence-electron chi connectivity index (χ1n) is 8.34. The van der Waals surface area contributed by atoms with Crippen LogP contribution in [0.3, 0.4) is 0 Å². The summed E-state index contributed by atoms with van der Waals surface area (Å²) in [5.41, 5.74) is 2.18. The minimum Gasteiger partial charge on any atom is -0.497 e.